The average Bonchev–Trinajstić information content (AvgIpc) is 3.73. The van der Waals surface area contributed by atoms with Crippen LogP contribution in [0.1, 0.15) is 35.7 Å². The zero-order valence-electron chi connectivity index (χ0n) is 22.2. The van der Waals surface area contributed by atoms with Gasteiger partial charge in [-0.25, -0.2) is 4.98 Å². The lowest BCUT2D eigenvalue weighted by atomic mass is 10.0. The second kappa shape index (κ2) is 9.58. The number of hydrazine groups is 2. The summed E-state index contributed by atoms with van der Waals surface area (Å²) in [5, 5.41) is 18.7. The number of nitriles is 1. The van der Waals surface area contributed by atoms with E-state index in [0.717, 1.165) is 5.01 Å². The van der Waals surface area contributed by atoms with E-state index in [1.54, 1.807) is 19.1 Å². The molecule has 42 heavy (non-hydrogen) atoms. The van der Waals surface area contributed by atoms with E-state index in [0.29, 0.717) is 74.9 Å². The monoisotopic (exact) mass is 600 g/mol. The van der Waals surface area contributed by atoms with Crippen LogP contribution in [-0.2, 0) is 4.74 Å². The number of benzene rings is 1. The number of ether oxygens (including phenoxy) is 1. The van der Waals surface area contributed by atoms with Crippen molar-refractivity contribution in [2.75, 3.05) is 23.8 Å². The van der Waals surface area contributed by atoms with Crippen LogP contribution in [0, 0.1) is 36.0 Å². The van der Waals surface area contributed by atoms with Crippen molar-refractivity contribution >= 4 is 33.9 Å². The molecule has 1 aromatic carbocycles. The molecule has 4 N–H and O–H groups in total. The smallest absolute Gasteiger partial charge is 0.381 e. The van der Waals surface area contributed by atoms with Crippen LogP contribution < -0.4 is 21.6 Å². The van der Waals surface area contributed by atoms with Crippen LogP contribution in [0.2, 0.25) is 5.02 Å². The Labute approximate surface area is 242 Å². The standard InChI is InChI=1S/C28H25ClF4N8O/c1-13-16(2-3-22(30)36-13)26(21-10-41(40-39-21)27(4-5-27)28(31,32)33)37-15-6-17-23(38-24-18-11-42-12-19(18)24)14(8-34)9-35-25(17)20(29)7-15/h2-3,6-7,9-10,18-19,24,26,37,39-40H,4-5,11-12H2,1H3,(H,35,38)/t18-,19+,24+,26-/m0/s1. The number of fused-ring (bicyclic) bond motifs is 2. The summed E-state index contributed by atoms with van der Waals surface area (Å²) in [6.45, 7) is 2.95. The van der Waals surface area contributed by atoms with Gasteiger partial charge in [0.2, 0.25) is 5.95 Å². The maximum atomic E-state index is 13.9. The molecule has 0 unspecified atom stereocenters. The molecule has 0 amide bonds. The van der Waals surface area contributed by atoms with Gasteiger partial charge in [0.1, 0.15) is 6.07 Å². The highest BCUT2D eigenvalue weighted by Gasteiger charge is 2.67. The molecule has 14 heteroatoms. The fraction of sp³-hybridized carbons (Fsp3) is 0.393. The molecule has 218 valence electrons. The Morgan fingerprint density at radius 1 is 1.24 bits per heavy atom. The zero-order valence-corrected chi connectivity index (χ0v) is 22.9. The Morgan fingerprint density at radius 3 is 2.67 bits per heavy atom. The normalized spacial score (nSPS) is 24.5. The van der Waals surface area contributed by atoms with Gasteiger partial charge in [0.15, 0.2) is 5.54 Å². The summed E-state index contributed by atoms with van der Waals surface area (Å²) in [6, 6.07) is 7.79. The predicted octanol–water partition coefficient (Wildman–Crippen LogP) is 5.07. The van der Waals surface area contributed by atoms with Gasteiger partial charge < -0.3 is 20.8 Å². The van der Waals surface area contributed by atoms with Gasteiger partial charge in [0.25, 0.3) is 0 Å². The molecular weight excluding hydrogens is 576 g/mol. The summed E-state index contributed by atoms with van der Waals surface area (Å²) in [4.78, 5) is 8.34. The summed E-state index contributed by atoms with van der Waals surface area (Å²) < 4.78 is 61.0. The third-order valence-electron chi connectivity index (χ3n) is 8.64. The van der Waals surface area contributed by atoms with E-state index in [4.69, 9.17) is 16.3 Å². The molecule has 0 bridgehead atoms. The van der Waals surface area contributed by atoms with Gasteiger partial charge in [-0.05, 0) is 38.0 Å². The Kier molecular flexibility index (Phi) is 6.16. The Morgan fingerprint density at radius 2 is 2.00 bits per heavy atom. The largest absolute Gasteiger partial charge is 0.413 e. The van der Waals surface area contributed by atoms with Crippen molar-refractivity contribution in [1.82, 2.24) is 25.9 Å². The summed E-state index contributed by atoms with van der Waals surface area (Å²) in [5.74, 6) is 0.0706. The van der Waals surface area contributed by atoms with Crippen molar-refractivity contribution in [3.05, 3.63) is 70.2 Å². The van der Waals surface area contributed by atoms with Gasteiger partial charge in [-0.15, -0.1) is 5.53 Å². The first-order valence-corrected chi connectivity index (χ1v) is 13.8. The summed E-state index contributed by atoms with van der Waals surface area (Å²) in [7, 11) is 0. The molecular formula is C28H25ClF4N8O. The van der Waals surface area contributed by atoms with Crippen LogP contribution >= 0.6 is 11.6 Å². The van der Waals surface area contributed by atoms with E-state index in [-0.39, 0.29) is 18.9 Å². The van der Waals surface area contributed by atoms with E-state index < -0.39 is 23.7 Å². The van der Waals surface area contributed by atoms with Crippen molar-refractivity contribution < 1.29 is 22.3 Å². The molecule has 0 radical (unpaired) electrons. The van der Waals surface area contributed by atoms with Crippen LogP contribution in [0.4, 0.5) is 28.9 Å². The van der Waals surface area contributed by atoms with Crippen molar-refractivity contribution in [2.45, 2.75) is 43.6 Å². The van der Waals surface area contributed by atoms with Crippen LogP contribution in [0.5, 0.6) is 0 Å². The number of hydrogen-bond donors (Lipinski definition) is 4. The number of rotatable bonds is 7. The molecule has 4 aliphatic rings. The first kappa shape index (κ1) is 27.0. The lowest BCUT2D eigenvalue weighted by Gasteiger charge is -2.28. The Hall–Kier alpha value is -3.86. The SMILES string of the molecule is Cc1nc(F)ccc1[C@H](Nc1cc(Cl)c2ncc(C#N)c(N[C@H]3[C@@H]4COC[C@@H]43)c2c1)C1=CN(C2(C(F)(F)F)CC2)NN1. The molecule has 9 nitrogen and oxygen atoms in total. The Balaban J connectivity index is 1.28. The number of anilines is 2. The lowest BCUT2D eigenvalue weighted by molar-refractivity contribution is -0.195. The van der Waals surface area contributed by atoms with Crippen LogP contribution in [-0.4, -0.2) is 45.9 Å². The van der Waals surface area contributed by atoms with E-state index in [9.17, 15) is 22.8 Å². The topological polar surface area (TPSA) is 110 Å². The molecule has 1 saturated heterocycles. The number of halogens is 5. The van der Waals surface area contributed by atoms with Crippen molar-refractivity contribution in [3.63, 3.8) is 0 Å². The quantitative estimate of drug-likeness (QED) is 0.218. The summed E-state index contributed by atoms with van der Waals surface area (Å²) in [6.07, 6.45) is -1.65. The zero-order chi connectivity index (χ0) is 29.4. The second-order valence-corrected chi connectivity index (χ2v) is 11.6. The van der Waals surface area contributed by atoms with Crippen LogP contribution in [0.25, 0.3) is 10.9 Å². The number of alkyl halides is 3. The van der Waals surface area contributed by atoms with Gasteiger partial charge in [0, 0.05) is 52.6 Å². The van der Waals surface area contributed by atoms with Crippen molar-refractivity contribution in [1.29, 1.82) is 5.26 Å². The van der Waals surface area contributed by atoms with Gasteiger partial charge in [-0.2, -0.15) is 22.8 Å². The lowest BCUT2D eigenvalue weighted by Crippen LogP contribution is -2.52. The third kappa shape index (κ3) is 4.36. The minimum absolute atomic E-state index is 0.0384. The Bertz CT molecular complexity index is 1660. The summed E-state index contributed by atoms with van der Waals surface area (Å²) in [5.41, 5.74) is 6.74. The fourth-order valence-electron chi connectivity index (χ4n) is 6.02. The third-order valence-corrected chi connectivity index (χ3v) is 8.92. The van der Waals surface area contributed by atoms with Crippen LogP contribution in [0.3, 0.4) is 0 Å². The molecule has 4 heterocycles. The van der Waals surface area contributed by atoms with Gasteiger partial charge in [-0.3, -0.25) is 9.99 Å². The molecule has 3 fully saturated rings. The van der Waals surface area contributed by atoms with Gasteiger partial charge in [0.05, 0.1) is 46.7 Å². The number of nitrogens with zero attached hydrogens (tertiary/aromatic N) is 4. The number of aromatic nitrogens is 2. The minimum atomic E-state index is -4.43. The fourth-order valence-corrected chi connectivity index (χ4v) is 6.29. The van der Waals surface area contributed by atoms with Gasteiger partial charge in [-0.1, -0.05) is 17.7 Å². The number of nitrogens with one attached hydrogen (secondary N) is 4. The number of hydrogen-bond acceptors (Lipinski definition) is 9. The molecule has 2 aliphatic heterocycles. The summed E-state index contributed by atoms with van der Waals surface area (Å²) >= 11 is 6.69. The number of aryl methyl sites for hydroxylation is 1. The molecule has 2 saturated carbocycles. The first-order valence-electron chi connectivity index (χ1n) is 13.5. The minimum Gasteiger partial charge on any atom is -0.381 e. The number of pyridine rings is 2. The molecule has 3 aromatic rings. The maximum absolute atomic E-state index is 13.9. The van der Waals surface area contributed by atoms with Crippen LogP contribution in [0.15, 0.2) is 42.4 Å². The van der Waals surface area contributed by atoms with Crippen molar-refractivity contribution in [3.8, 4) is 6.07 Å². The molecule has 7 rings (SSSR count). The highest BCUT2D eigenvalue weighted by molar-refractivity contribution is 6.35. The maximum Gasteiger partial charge on any atom is 0.413 e. The molecule has 2 aliphatic carbocycles. The first-order chi connectivity index (χ1) is 20.1. The highest BCUT2D eigenvalue weighted by atomic mass is 35.5. The average molecular weight is 601 g/mol. The predicted molar refractivity (Wildman–Crippen MR) is 146 cm³/mol. The molecule has 2 aromatic heterocycles. The van der Waals surface area contributed by atoms with Crippen molar-refractivity contribution in [2.24, 2.45) is 11.8 Å². The highest BCUT2D eigenvalue weighted by Crippen LogP contribution is 2.54. The van der Waals surface area contributed by atoms with E-state index in [1.165, 1.54) is 24.5 Å². The van der Waals surface area contributed by atoms with E-state index >= 15 is 0 Å². The molecule has 0 spiro atoms. The van der Waals surface area contributed by atoms with E-state index in [2.05, 4.69) is 37.6 Å². The van der Waals surface area contributed by atoms with Gasteiger partial charge >= 0.3 is 6.18 Å². The van der Waals surface area contributed by atoms with E-state index in [1.807, 2.05) is 0 Å². The second-order valence-electron chi connectivity index (χ2n) is 11.2. The molecule has 4 atom stereocenters.